The van der Waals surface area contributed by atoms with E-state index in [1.54, 1.807) is 10.7 Å². The fourth-order valence-electron chi connectivity index (χ4n) is 2.50. The van der Waals surface area contributed by atoms with Crippen molar-refractivity contribution in [2.75, 3.05) is 0 Å². The molecule has 0 amide bonds. The van der Waals surface area contributed by atoms with Crippen molar-refractivity contribution >= 4 is 28.8 Å². The Morgan fingerprint density at radius 3 is 2.69 bits per heavy atom. The van der Waals surface area contributed by atoms with Crippen molar-refractivity contribution in [1.29, 1.82) is 0 Å². The van der Waals surface area contributed by atoms with Gasteiger partial charge in [0.2, 0.25) is 0 Å². The second-order valence-corrected chi connectivity index (χ2v) is 5.81. The van der Waals surface area contributed by atoms with Gasteiger partial charge < -0.3 is 0 Å². The smallest absolute Gasteiger partial charge is 0.266 e. The molecule has 4 aromatic rings. The van der Waals surface area contributed by atoms with E-state index in [0.29, 0.717) is 11.0 Å². The first-order valence-corrected chi connectivity index (χ1v) is 8.02. The first kappa shape index (κ1) is 16.2. The Balaban J connectivity index is 1.78. The summed E-state index contributed by atoms with van der Waals surface area (Å²) >= 11 is 5.95. The van der Waals surface area contributed by atoms with Gasteiger partial charge in [0.15, 0.2) is 5.65 Å². The molecule has 2 heterocycles. The van der Waals surface area contributed by atoms with Gasteiger partial charge in [-0.05, 0) is 24.3 Å². The summed E-state index contributed by atoms with van der Waals surface area (Å²) in [5.41, 5.74) is 0.882. The molecule has 0 saturated heterocycles. The summed E-state index contributed by atoms with van der Waals surface area (Å²) in [5.74, 6) is -0.528. The van der Waals surface area contributed by atoms with Crippen LogP contribution in [0.2, 0.25) is 5.02 Å². The monoisotopic (exact) mass is 367 g/mol. The highest BCUT2D eigenvalue weighted by atomic mass is 35.5. The maximum absolute atomic E-state index is 13.8. The Morgan fingerprint density at radius 2 is 1.92 bits per heavy atom. The molecule has 8 heteroatoms. The van der Waals surface area contributed by atoms with Crippen LogP contribution in [0.25, 0.3) is 16.7 Å². The molecule has 0 aliphatic rings. The summed E-state index contributed by atoms with van der Waals surface area (Å²) < 4.78 is 16.4. The van der Waals surface area contributed by atoms with Gasteiger partial charge in [0.05, 0.1) is 23.1 Å². The normalized spacial score (nSPS) is 11.5. The molecular weight excluding hydrogens is 357 g/mol. The van der Waals surface area contributed by atoms with Crippen LogP contribution in [0, 0.1) is 5.82 Å². The van der Waals surface area contributed by atoms with Gasteiger partial charge >= 0.3 is 0 Å². The largest absolute Gasteiger partial charge is 0.285 e. The summed E-state index contributed by atoms with van der Waals surface area (Å²) in [5, 5.41) is 8.71. The molecule has 0 spiro atoms. The number of halogens is 2. The highest BCUT2D eigenvalue weighted by Crippen LogP contribution is 2.17. The van der Waals surface area contributed by atoms with Crippen LogP contribution in [0.4, 0.5) is 4.39 Å². The van der Waals surface area contributed by atoms with Crippen LogP contribution in [0.1, 0.15) is 5.56 Å². The molecule has 26 heavy (non-hydrogen) atoms. The predicted molar refractivity (Wildman–Crippen MR) is 97.5 cm³/mol. The molecule has 6 nitrogen and oxygen atoms in total. The number of benzene rings is 2. The van der Waals surface area contributed by atoms with Crippen molar-refractivity contribution in [2.45, 2.75) is 0 Å². The fraction of sp³-hybridized carbons (Fsp3) is 0. The number of fused-ring (bicyclic) bond motifs is 1. The lowest BCUT2D eigenvalue weighted by molar-refractivity contribution is 0.625. The average Bonchev–Trinajstić information content (AvgIpc) is 3.08. The standard InChI is InChI=1S/C18H11ClFN5O/c19-15-7-4-8-16(20)13(15)9-22-24-11-21-17-14(18(24)26)10-23-25(17)12-5-2-1-3-6-12/h1-11H. The zero-order chi connectivity index (χ0) is 18.1. The lowest BCUT2D eigenvalue weighted by atomic mass is 10.2. The zero-order valence-corrected chi connectivity index (χ0v) is 14.0. The Bertz CT molecular complexity index is 1160. The third-order valence-corrected chi connectivity index (χ3v) is 4.11. The average molecular weight is 368 g/mol. The highest BCUT2D eigenvalue weighted by Gasteiger charge is 2.11. The molecule has 0 saturated carbocycles. The van der Waals surface area contributed by atoms with E-state index in [1.807, 2.05) is 30.3 Å². The maximum atomic E-state index is 13.8. The van der Waals surface area contributed by atoms with Crippen molar-refractivity contribution in [3.63, 3.8) is 0 Å². The number of nitrogens with zero attached hydrogens (tertiary/aromatic N) is 5. The quantitative estimate of drug-likeness (QED) is 0.522. The second-order valence-electron chi connectivity index (χ2n) is 5.40. The number of hydrogen-bond donors (Lipinski definition) is 0. The Hall–Kier alpha value is -3.32. The molecular formula is C18H11ClFN5O. The van der Waals surface area contributed by atoms with E-state index in [2.05, 4.69) is 15.2 Å². The molecule has 0 N–H and O–H groups in total. The van der Waals surface area contributed by atoms with Crippen LogP contribution < -0.4 is 5.56 Å². The van der Waals surface area contributed by atoms with E-state index in [9.17, 15) is 9.18 Å². The predicted octanol–water partition coefficient (Wildman–Crippen LogP) is 3.26. The van der Waals surface area contributed by atoms with Gasteiger partial charge in [-0.1, -0.05) is 35.9 Å². The summed E-state index contributed by atoms with van der Waals surface area (Å²) in [6.45, 7) is 0. The van der Waals surface area contributed by atoms with Crippen molar-refractivity contribution in [2.24, 2.45) is 5.10 Å². The van der Waals surface area contributed by atoms with Gasteiger partial charge in [0, 0.05) is 5.56 Å². The van der Waals surface area contributed by atoms with Crippen LogP contribution in [-0.4, -0.2) is 25.7 Å². The van der Waals surface area contributed by atoms with Crippen LogP contribution in [0.15, 0.2) is 71.0 Å². The highest BCUT2D eigenvalue weighted by molar-refractivity contribution is 6.33. The molecule has 2 aromatic carbocycles. The minimum Gasteiger partial charge on any atom is -0.266 e. The van der Waals surface area contributed by atoms with Crippen molar-refractivity contribution in [3.8, 4) is 5.69 Å². The number of rotatable bonds is 3. The summed E-state index contributed by atoms with van der Waals surface area (Å²) in [6.07, 6.45) is 3.88. The van der Waals surface area contributed by atoms with E-state index in [-0.39, 0.29) is 10.6 Å². The molecule has 4 rings (SSSR count). The van der Waals surface area contributed by atoms with Gasteiger partial charge in [-0.2, -0.15) is 14.9 Å². The van der Waals surface area contributed by atoms with E-state index < -0.39 is 11.4 Å². The molecule has 0 radical (unpaired) electrons. The first-order valence-electron chi connectivity index (χ1n) is 7.64. The molecule has 0 aliphatic carbocycles. The Labute approximate surface area is 151 Å². The topological polar surface area (TPSA) is 65.1 Å². The zero-order valence-electron chi connectivity index (χ0n) is 13.3. The van der Waals surface area contributed by atoms with E-state index in [4.69, 9.17) is 11.6 Å². The Morgan fingerprint density at radius 1 is 1.12 bits per heavy atom. The molecule has 0 bridgehead atoms. The second kappa shape index (κ2) is 6.53. The number of aromatic nitrogens is 4. The molecule has 0 fully saturated rings. The van der Waals surface area contributed by atoms with Crippen LogP contribution in [-0.2, 0) is 0 Å². The van der Waals surface area contributed by atoms with E-state index in [0.717, 1.165) is 10.4 Å². The van der Waals surface area contributed by atoms with Gasteiger partial charge in [-0.25, -0.2) is 14.1 Å². The minimum atomic E-state index is -0.528. The van der Waals surface area contributed by atoms with E-state index >= 15 is 0 Å². The third-order valence-electron chi connectivity index (χ3n) is 3.78. The van der Waals surface area contributed by atoms with Gasteiger partial charge in [-0.3, -0.25) is 4.79 Å². The molecule has 2 aromatic heterocycles. The van der Waals surface area contributed by atoms with Crippen LogP contribution >= 0.6 is 11.6 Å². The van der Waals surface area contributed by atoms with E-state index in [1.165, 1.54) is 30.9 Å². The number of para-hydroxylation sites is 1. The SMILES string of the molecule is O=c1c2cnn(-c3ccccc3)c2ncn1N=Cc1c(F)cccc1Cl. The molecule has 0 unspecified atom stereocenters. The maximum Gasteiger partial charge on any atom is 0.285 e. The van der Waals surface area contributed by atoms with Crippen LogP contribution in [0.5, 0.6) is 0 Å². The fourth-order valence-corrected chi connectivity index (χ4v) is 2.71. The summed E-state index contributed by atoms with van der Waals surface area (Å²) in [6, 6.07) is 13.6. The van der Waals surface area contributed by atoms with Gasteiger partial charge in [0.1, 0.15) is 17.5 Å². The lowest BCUT2D eigenvalue weighted by Gasteiger charge is -2.03. The van der Waals surface area contributed by atoms with Crippen molar-refractivity contribution in [1.82, 2.24) is 19.4 Å². The van der Waals surface area contributed by atoms with Crippen molar-refractivity contribution in [3.05, 3.63) is 87.8 Å². The Kier molecular flexibility index (Phi) is 4.06. The third kappa shape index (κ3) is 2.78. The van der Waals surface area contributed by atoms with Crippen molar-refractivity contribution < 1.29 is 4.39 Å². The lowest BCUT2D eigenvalue weighted by Crippen LogP contribution is -2.17. The molecule has 128 valence electrons. The number of hydrogen-bond acceptors (Lipinski definition) is 4. The van der Waals surface area contributed by atoms with Gasteiger partial charge in [0.25, 0.3) is 5.56 Å². The molecule has 0 atom stereocenters. The van der Waals surface area contributed by atoms with Gasteiger partial charge in [-0.15, -0.1) is 0 Å². The minimum absolute atomic E-state index is 0.0983. The summed E-state index contributed by atoms with van der Waals surface area (Å²) in [7, 11) is 0. The van der Waals surface area contributed by atoms with Crippen LogP contribution in [0.3, 0.4) is 0 Å². The summed E-state index contributed by atoms with van der Waals surface area (Å²) in [4.78, 5) is 16.9. The molecule has 0 aliphatic heterocycles. The first-order chi connectivity index (χ1) is 12.6.